The van der Waals surface area contributed by atoms with Crippen molar-refractivity contribution >= 4 is 85.4 Å². The van der Waals surface area contributed by atoms with Crippen molar-refractivity contribution in [1.82, 2.24) is 44.4 Å². The lowest BCUT2D eigenvalue weighted by molar-refractivity contribution is -0.141. The lowest BCUT2D eigenvalue weighted by atomic mass is 9.90. The topological polar surface area (TPSA) is 481 Å². The van der Waals surface area contributed by atoms with Gasteiger partial charge in [0.1, 0.15) is 41.8 Å². The van der Waals surface area contributed by atoms with Crippen molar-refractivity contribution < 1.29 is 18.7 Å². The summed E-state index contributed by atoms with van der Waals surface area (Å²) in [5, 5.41) is 89.8. The number of pyridine rings is 5. The molecule has 0 radical (unpaired) electrons. The zero-order valence-electron chi connectivity index (χ0n) is 57.6. The van der Waals surface area contributed by atoms with Gasteiger partial charge in [-0.15, -0.1) is 0 Å². The number of rotatable bonds is 11. The second kappa shape index (κ2) is 46.9. The van der Waals surface area contributed by atoms with E-state index in [1.165, 1.54) is 49.0 Å². The molecule has 0 aromatic carbocycles. The van der Waals surface area contributed by atoms with Gasteiger partial charge in [0.2, 0.25) is 5.95 Å². The first-order valence-electron chi connectivity index (χ1n) is 30.0. The molecule has 0 fully saturated rings. The average Bonchev–Trinajstić information content (AvgIpc) is 0.829. The minimum Gasteiger partial charge on any atom is -0.465 e. The van der Waals surface area contributed by atoms with Crippen molar-refractivity contribution in [2.45, 2.75) is 129 Å². The molecule has 8 heterocycles. The van der Waals surface area contributed by atoms with Crippen molar-refractivity contribution in [3.05, 3.63) is 174 Å². The monoisotopic (exact) mass is 1560 g/mol. The maximum atomic E-state index is 12.5. The predicted molar refractivity (Wildman–Crippen MR) is 395 cm³/mol. The summed E-state index contributed by atoms with van der Waals surface area (Å²) >= 11 is 17.1. The van der Waals surface area contributed by atoms with Crippen LogP contribution in [0.1, 0.15) is 151 Å². The summed E-state index contributed by atoms with van der Waals surface area (Å²) in [6.07, 6.45) is 9.93. The van der Waals surface area contributed by atoms with Crippen LogP contribution in [0.25, 0.3) is 22.5 Å². The van der Waals surface area contributed by atoms with E-state index in [0.717, 1.165) is 35.2 Å². The Morgan fingerprint density at radius 3 is 1.46 bits per heavy atom. The Bertz CT molecular complexity index is 4550. The van der Waals surface area contributed by atoms with Crippen LogP contribution < -0.4 is 22.6 Å². The third-order valence-electron chi connectivity index (χ3n) is 12.6. The summed E-state index contributed by atoms with van der Waals surface area (Å²) in [6.45, 7) is 20.6. The molecule has 0 bridgehead atoms. The van der Waals surface area contributed by atoms with Crippen molar-refractivity contribution in [3.8, 4) is 83.2 Å². The van der Waals surface area contributed by atoms with E-state index in [4.69, 9.17) is 54.3 Å². The molecule has 7 aromatic heterocycles. The van der Waals surface area contributed by atoms with E-state index in [-0.39, 0.29) is 38.9 Å². The van der Waals surface area contributed by atoms with Gasteiger partial charge in [-0.2, -0.15) is 57.0 Å². The predicted octanol–water partition coefficient (Wildman–Crippen LogP) is 12.2. The molecule has 8 rings (SSSR count). The molecule has 102 heavy (non-hydrogen) atoms. The number of aromatic amines is 2. The van der Waals surface area contributed by atoms with Gasteiger partial charge < -0.3 is 21.2 Å². The Hall–Kier alpha value is -11.3. The van der Waals surface area contributed by atoms with E-state index in [0.29, 0.717) is 80.3 Å². The number of H-pyrrole nitrogens is 2. The van der Waals surface area contributed by atoms with Crippen LogP contribution in [-0.2, 0) is 37.7 Å². The molecule has 26 nitrogen and oxygen atoms in total. The Labute approximate surface area is 623 Å². The number of thiocarbonyl (C=S) groups is 1. The van der Waals surface area contributed by atoms with Crippen molar-refractivity contribution in [2.75, 3.05) is 23.0 Å². The van der Waals surface area contributed by atoms with Gasteiger partial charge in [0.05, 0.1) is 110 Å². The fourth-order valence-electron chi connectivity index (χ4n) is 6.84. The summed E-state index contributed by atoms with van der Waals surface area (Å²) in [4.78, 5) is 74.4. The summed E-state index contributed by atoms with van der Waals surface area (Å²) in [6, 6.07) is 36.2. The molecule has 6 N–H and O–H groups in total. The third-order valence-corrected chi connectivity index (χ3v) is 14.9. The van der Waals surface area contributed by atoms with E-state index in [9.17, 15) is 34.1 Å². The maximum absolute atomic E-state index is 12.5. The number of hydrogen-bond acceptors (Lipinski definition) is 24. The number of carbonyl (C=O) groups excluding carboxylic acids is 2. The van der Waals surface area contributed by atoms with Crippen LogP contribution in [0.4, 0.5) is 4.39 Å². The Morgan fingerprint density at radius 2 is 1.12 bits per heavy atom. The summed E-state index contributed by atoms with van der Waals surface area (Å²) in [5.41, 5.74) is 11.6. The first-order chi connectivity index (χ1) is 48.1. The number of carbonyl (C=O) groups is 2. The number of fused-ring (bicyclic) bond motifs is 1. The standard InChI is InChI=1S/C17H15N5OS.C14H11N5OS.C10H9N3.C10H10N2O.C6H3FN2.C5H7NO2.C4H7N.C3H6Br2.CH4N2S/c1-17(2,10-19)13-5-4-11(9-20-13)14-12(8-18)15(23)22-6-3-7-24-16(22)21-14;1-14(2,7-16)10-4-3-8(6-17-10)11-9(5-15)12(20)19-13(21)18-11;1-10(2,7-12)9-4-3-8(5-11)6-13-9;1-10(2,7-11)9-4-3-8(6-13)5-12-9;7-6-2-1-5(3-8)4-9-6;1-2-8-5(7)3-4-6;1-4(2)3-5;4-2-1-3-5;2-1(3)4/h4-5,9H,3,6-7H2,1-2H3;3-4,6H,1-2H3,(H2,18,19,20,21);3-4,6H,1-2H3;3-6H,1-2H3;1-2,4H;2-3H2,1H3;4H,1-2H3;1-3H2;(H4,2,3,4). The van der Waals surface area contributed by atoms with Crippen LogP contribution in [0.2, 0.25) is 0 Å². The number of nitrogens with two attached hydrogens (primary N) is 2. The molecule has 0 saturated heterocycles. The number of aldehydes is 1. The van der Waals surface area contributed by atoms with Crippen LogP contribution >= 0.6 is 68.1 Å². The van der Waals surface area contributed by atoms with Crippen molar-refractivity contribution in [3.63, 3.8) is 0 Å². The van der Waals surface area contributed by atoms with Crippen LogP contribution in [0.5, 0.6) is 0 Å². The Morgan fingerprint density at radius 1 is 0.676 bits per heavy atom. The summed E-state index contributed by atoms with van der Waals surface area (Å²) in [5.74, 6) is 0.0877. The summed E-state index contributed by atoms with van der Waals surface area (Å²) in [7, 11) is 0. The molecule has 7 aromatic rings. The lowest BCUT2D eigenvalue weighted by Gasteiger charge is -2.18. The number of ether oxygens (including phenoxy) is 1. The number of thioether (sulfide) groups is 1. The molecule has 0 saturated carbocycles. The largest absolute Gasteiger partial charge is 0.465 e. The van der Waals surface area contributed by atoms with E-state index in [1.807, 2.05) is 44.2 Å². The van der Waals surface area contributed by atoms with Gasteiger partial charge in [-0.3, -0.25) is 48.7 Å². The molecule has 1 aliphatic rings. The number of aromatic nitrogens is 9. The number of esters is 1. The van der Waals surface area contributed by atoms with Gasteiger partial charge >= 0.3 is 5.97 Å². The van der Waals surface area contributed by atoms with E-state index >= 15 is 0 Å². The first-order valence-corrected chi connectivity index (χ1v) is 34.1. The lowest BCUT2D eigenvalue weighted by Crippen LogP contribution is -2.29. The molecule has 0 unspecified atom stereocenters. The highest BCUT2D eigenvalue weighted by atomic mass is 79.9. The van der Waals surface area contributed by atoms with Gasteiger partial charge in [-0.25, -0.2) is 9.97 Å². The molecule has 0 spiro atoms. The highest BCUT2D eigenvalue weighted by molar-refractivity contribution is 9.09. The van der Waals surface area contributed by atoms with Crippen molar-refractivity contribution in [2.24, 2.45) is 17.4 Å². The van der Waals surface area contributed by atoms with Crippen LogP contribution in [0.15, 0.2) is 106 Å². The van der Waals surface area contributed by atoms with Crippen LogP contribution in [-0.4, -0.2) is 84.8 Å². The fraction of sp³-hybridized carbons (Fsp3) is 0.343. The normalized spacial score (nSPS) is 10.4. The molecule has 0 atom stereocenters. The van der Waals surface area contributed by atoms with Crippen molar-refractivity contribution in [1.29, 1.82) is 52.6 Å². The molecular weight excluding hydrogens is 1490 g/mol. The molecule has 526 valence electrons. The van der Waals surface area contributed by atoms with E-state index < -0.39 is 39.1 Å². The number of nitrogens with zero attached hydrogens (tertiary/aromatic N) is 17. The number of hydrogen-bond donors (Lipinski definition) is 4. The number of nitriles is 10. The smallest absolute Gasteiger partial charge is 0.320 e. The van der Waals surface area contributed by atoms with Gasteiger partial charge in [0.15, 0.2) is 21.3 Å². The molecule has 0 amide bonds. The van der Waals surface area contributed by atoms with Crippen LogP contribution in [0.3, 0.4) is 0 Å². The number of nitrogens with one attached hydrogen (secondary N) is 2. The second-order valence-electron chi connectivity index (χ2n) is 22.6. The van der Waals surface area contributed by atoms with Crippen LogP contribution in [0, 0.1) is 130 Å². The molecule has 0 aliphatic carbocycles. The highest BCUT2D eigenvalue weighted by Crippen LogP contribution is 2.29. The van der Waals surface area contributed by atoms with Gasteiger partial charge in [0.25, 0.3) is 11.1 Å². The first kappa shape index (κ1) is 90.7. The maximum Gasteiger partial charge on any atom is 0.320 e. The Balaban J connectivity index is 0.00000119. The zero-order valence-corrected chi connectivity index (χ0v) is 63.3. The van der Waals surface area contributed by atoms with E-state index in [2.05, 4.69) is 124 Å². The SMILES string of the molecule is BrCCCBr.CC(C)(C#N)c1ccc(-c2[nH]c(=S)[nH]c(=O)c2C#N)cn1.CC(C)(C#N)c1ccc(-c2nc3n(c(=O)c2C#N)CCCS3)cn1.CC(C)(C#N)c1ccc(C#N)cn1.CC(C)(C#N)c1ccc(C=O)cn1.CC(C)C#N.CCOC(=O)CC#N.N#Cc1ccc(F)nc1.NC(N)=S. The zero-order chi connectivity index (χ0) is 77.8. The molecule has 32 heteroatoms. The second-order valence-corrected chi connectivity index (χ2v) is 26.2. The number of halogens is 3. The molecular formula is C70H72Br2FN21O5S3. The van der Waals surface area contributed by atoms with Gasteiger partial charge in [0, 0.05) is 76.6 Å². The molecule has 1 aliphatic heterocycles. The van der Waals surface area contributed by atoms with Gasteiger partial charge in [-0.1, -0.05) is 43.6 Å². The van der Waals surface area contributed by atoms with Gasteiger partial charge in [-0.05, 0) is 174 Å². The Kier molecular flexibility index (Phi) is 41.7. The third kappa shape index (κ3) is 32.1. The average molecular weight is 1560 g/mol. The number of alkyl halides is 2. The quantitative estimate of drug-likeness (QED) is 0.0233. The van der Waals surface area contributed by atoms with E-state index in [1.54, 1.807) is 128 Å². The minimum atomic E-state index is -0.711. The fourth-order valence-corrected chi connectivity index (χ4v) is 9.29. The minimum absolute atomic E-state index is 0.000000000000000222. The summed E-state index contributed by atoms with van der Waals surface area (Å²) < 4.78 is 18.1. The highest BCUT2D eigenvalue weighted by Gasteiger charge is 2.26.